The fourth-order valence-electron chi connectivity index (χ4n) is 1.68. The first kappa shape index (κ1) is 23.3. The van der Waals surface area contributed by atoms with Crippen LogP contribution in [0.15, 0.2) is 48.5 Å². The van der Waals surface area contributed by atoms with Gasteiger partial charge in [-0.15, -0.1) is 0 Å². The fraction of sp³-hybridized carbons (Fsp3) is 0.111. The van der Waals surface area contributed by atoms with Gasteiger partial charge in [-0.2, -0.15) is 0 Å². The zero-order chi connectivity index (χ0) is 18.3. The molecule has 0 atom stereocenters. The van der Waals surface area contributed by atoms with Crippen molar-refractivity contribution in [1.82, 2.24) is 0 Å². The molecule has 0 unspecified atom stereocenters. The third-order valence-electron chi connectivity index (χ3n) is 3.05. The molecule has 0 amide bonds. The number of Topliss-reactive ketones (excluding diaryl/α,β-unsaturated/α-hetero) is 2. The van der Waals surface area contributed by atoms with Crippen molar-refractivity contribution in [1.29, 1.82) is 0 Å². The number of benzene rings is 2. The monoisotopic (exact) mass is 464 g/mol. The summed E-state index contributed by atoms with van der Waals surface area (Å²) >= 11 is 0. The Hall–Kier alpha value is -1.71. The molecule has 0 saturated heterocycles. The average molecular weight is 464 g/mol. The first-order chi connectivity index (χ1) is 11.2. The van der Waals surface area contributed by atoms with Gasteiger partial charge >= 0.3 is 48.9 Å². The molecule has 0 heterocycles. The van der Waals surface area contributed by atoms with Gasteiger partial charge in [-0.25, -0.2) is 0 Å². The maximum atomic E-state index is 10.8. The zero-order valence-corrected chi connectivity index (χ0v) is 18.2. The number of carbonyl (C=O) groups excluding carboxylic acids is 4. The van der Waals surface area contributed by atoms with Crippen LogP contribution < -0.4 is 10.2 Å². The number of hydrogen-bond acceptors (Lipinski definition) is 6. The third-order valence-corrected chi connectivity index (χ3v) is 3.05. The molecule has 0 radical (unpaired) electrons. The normalized spacial score (nSPS) is 9.04. The second-order valence-electron chi connectivity index (χ2n) is 4.84. The van der Waals surface area contributed by atoms with E-state index in [1.54, 1.807) is 0 Å². The van der Waals surface area contributed by atoms with Crippen LogP contribution >= 0.6 is 0 Å². The number of carboxylic acid groups (broad SMARTS) is 2. The van der Waals surface area contributed by atoms with Gasteiger partial charge in [-0.05, 0) is 25.0 Å². The summed E-state index contributed by atoms with van der Waals surface area (Å²) in [5.74, 6) is -2.63. The van der Waals surface area contributed by atoms with E-state index in [-0.39, 0.29) is 71.6 Å². The van der Waals surface area contributed by atoms with Crippen LogP contribution in [0.2, 0.25) is 0 Å². The molecule has 0 bridgehead atoms. The Morgan fingerprint density at radius 3 is 0.920 bits per heavy atom. The van der Waals surface area contributed by atoms with Gasteiger partial charge in [0.25, 0.3) is 0 Å². The number of carbonyl (C=O) groups is 4. The van der Waals surface area contributed by atoms with Gasteiger partial charge in [0.2, 0.25) is 0 Å². The van der Waals surface area contributed by atoms with Crippen molar-refractivity contribution < 1.29 is 29.4 Å². The van der Waals surface area contributed by atoms with E-state index in [4.69, 9.17) is 0 Å². The molecule has 2 rings (SSSR count). The Labute approximate surface area is 184 Å². The molecule has 0 N–H and O–H groups in total. The molecular formula is C18H14BaO6. The van der Waals surface area contributed by atoms with Gasteiger partial charge in [-0.1, -0.05) is 48.5 Å². The van der Waals surface area contributed by atoms with Gasteiger partial charge < -0.3 is 19.8 Å². The molecule has 0 saturated carbocycles. The van der Waals surface area contributed by atoms with Crippen molar-refractivity contribution in [2.75, 3.05) is 0 Å². The Morgan fingerprint density at radius 1 is 0.560 bits per heavy atom. The standard InChI is InChI=1S/2C9H8O3.Ba/c2*1-6(10)7-2-4-8(5-3-7)9(11)12;/h2*2-5H,1H3,(H,11,12);/q;;+2/p-2. The minimum absolute atomic E-state index is 0. The summed E-state index contributed by atoms with van der Waals surface area (Å²) in [4.78, 5) is 42.1. The average Bonchev–Trinajstić information content (AvgIpc) is 2.55. The number of rotatable bonds is 4. The van der Waals surface area contributed by atoms with E-state index < -0.39 is 11.9 Å². The topological polar surface area (TPSA) is 114 Å². The van der Waals surface area contributed by atoms with E-state index in [2.05, 4.69) is 0 Å². The molecule has 2 aromatic rings. The summed E-state index contributed by atoms with van der Waals surface area (Å²) in [7, 11) is 0. The summed E-state index contributed by atoms with van der Waals surface area (Å²) in [6.07, 6.45) is 0. The van der Waals surface area contributed by atoms with Gasteiger partial charge in [0.05, 0.1) is 11.9 Å². The summed E-state index contributed by atoms with van der Waals surface area (Å²) in [6, 6.07) is 11.3. The van der Waals surface area contributed by atoms with E-state index >= 15 is 0 Å². The molecule has 6 nitrogen and oxygen atoms in total. The van der Waals surface area contributed by atoms with Gasteiger partial charge in [-0.3, -0.25) is 9.59 Å². The molecule has 0 aliphatic heterocycles. The molecule has 0 spiro atoms. The molecule has 0 aliphatic rings. The second kappa shape index (κ2) is 11.0. The first-order valence-electron chi connectivity index (χ1n) is 6.87. The molecule has 0 aromatic heterocycles. The molecule has 2 aromatic carbocycles. The zero-order valence-electron chi connectivity index (χ0n) is 13.8. The summed E-state index contributed by atoms with van der Waals surface area (Å²) in [5.41, 5.74) is 1.17. The minimum Gasteiger partial charge on any atom is -0.545 e. The van der Waals surface area contributed by atoms with Crippen molar-refractivity contribution in [2.45, 2.75) is 13.8 Å². The fourth-order valence-corrected chi connectivity index (χ4v) is 1.68. The van der Waals surface area contributed by atoms with E-state index in [0.717, 1.165) is 0 Å². The second-order valence-corrected chi connectivity index (χ2v) is 4.84. The van der Waals surface area contributed by atoms with E-state index in [0.29, 0.717) is 11.1 Å². The molecule has 0 fully saturated rings. The minimum atomic E-state index is -1.23. The largest absolute Gasteiger partial charge is 2.00 e. The maximum Gasteiger partial charge on any atom is 2.00 e. The number of hydrogen-bond donors (Lipinski definition) is 0. The maximum absolute atomic E-state index is 10.8. The first-order valence-corrected chi connectivity index (χ1v) is 6.87. The van der Waals surface area contributed by atoms with Crippen LogP contribution in [-0.4, -0.2) is 72.4 Å². The Bertz CT molecular complexity index is 630. The van der Waals surface area contributed by atoms with Gasteiger partial charge in [0, 0.05) is 11.1 Å². The van der Waals surface area contributed by atoms with Crippen molar-refractivity contribution in [3.05, 3.63) is 70.8 Å². The van der Waals surface area contributed by atoms with Crippen LogP contribution in [0.1, 0.15) is 55.3 Å². The molecular weight excluding hydrogens is 450 g/mol. The van der Waals surface area contributed by atoms with Crippen molar-refractivity contribution >= 4 is 72.4 Å². The van der Waals surface area contributed by atoms with E-state index in [9.17, 15) is 29.4 Å². The van der Waals surface area contributed by atoms with Crippen LogP contribution in [0.4, 0.5) is 0 Å². The van der Waals surface area contributed by atoms with Crippen LogP contribution in [-0.2, 0) is 0 Å². The van der Waals surface area contributed by atoms with Crippen LogP contribution in [0.25, 0.3) is 0 Å². The smallest absolute Gasteiger partial charge is 0.545 e. The van der Waals surface area contributed by atoms with E-state index in [1.165, 1.54) is 62.4 Å². The van der Waals surface area contributed by atoms with Crippen LogP contribution in [0.3, 0.4) is 0 Å². The van der Waals surface area contributed by atoms with Crippen molar-refractivity contribution in [3.63, 3.8) is 0 Å². The van der Waals surface area contributed by atoms with Crippen molar-refractivity contribution in [2.24, 2.45) is 0 Å². The Morgan fingerprint density at radius 2 is 0.760 bits per heavy atom. The molecule has 7 heteroatoms. The summed E-state index contributed by atoms with van der Waals surface area (Å²) in [5, 5.41) is 20.6. The molecule has 25 heavy (non-hydrogen) atoms. The van der Waals surface area contributed by atoms with Gasteiger partial charge in [0.15, 0.2) is 11.6 Å². The SMILES string of the molecule is CC(=O)c1ccc(C(=O)[O-])cc1.CC(=O)c1ccc(C(=O)[O-])cc1.[Ba+2]. The summed E-state index contributed by atoms with van der Waals surface area (Å²) in [6.45, 7) is 2.85. The van der Waals surface area contributed by atoms with Crippen molar-refractivity contribution in [3.8, 4) is 0 Å². The van der Waals surface area contributed by atoms with Gasteiger partial charge in [0.1, 0.15) is 0 Å². The van der Waals surface area contributed by atoms with Crippen LogP contribution in [0, 0.1) is 0 Å². The predicted octanol–water partition coefficient (Wildman–Crippen LogP) is 0.125. The number of carboxylic acids is 2. The van der Waals surface area contributed by atoms with Crippen LogP contribution in [0.5, 0.6) is 0 Å². The Kier molecular flexibility index (Phi) is 10.3. The number of ketones is 2. The molecule has 124 valence electrons. The number of aromatic carboxylic acids is 2. The quantitative estimate of drug-likeness (QED) is 0.470. The molecule has 0 aliphatic carbocycles. The Balaban J connectivity index is 0.000000443. The third kappa shape index (κ3) is 7.81. The van der Waals surface area contributed by atoms with E-state index in [1.807, 2.05) is 0 Å². The summed E-state index contributed by atoms with van der Waals surface area (Å²) < 4.78 is 0. The predicted molar refractivity (Wildman–Crippen MR) is 87.3 cm³/mol.